The Morgan fingerprint density at radius 3 is 2.91 bits per heavy atom. The van der Waals surface area contributed by atoms with Crippen LogP contribution in [0.15, 0.2) is 29.1 Å². The number of aliphatic hydroxyl groups excluding tert-OH is 1. The van der Waals surface area contributed by atoms with Crippen molar-refractivity contribution in [1.29, 1.82) is 5.26 Å². The molecule has 0 radical (unpaired) electrons. The van der Waals surface area contributed by atoms with Crippen molar-refractivity contribution in [3.8, 4) is 6.07 Å². The summed E-state index contributed by atoms with van der Waals surface area (Å²) in [5, 5.41) is 21.2. The second-order valence-electron chi connectivity index (χ2n) is 5.24. The Morgan fingerprint density at radius 1 is 1.50 bits per heavy atom. The number of aryl methyl sites for hydroxylation is 1. The molecule has 0 aliphatic rings. The predicted molar refractivity (Wildman–Crippen MR) is 83.7 cm³/mol. The van der Waals surface area contributed by atoms with Gasteiger partial charge < -0.3 is 15.4 Å². The maximum absolute atomic E-state index is 12.0. The molecule has 1 atom stereocenters. The molecule has 0 unspecified atom stereocenters. The lowest BCUT2D eigenvalue weighted by Crippen LogP contribution is -2.22. The van der Waals surface area contributed by atoms with E-state index >= 15 is 0 Å². The minimum atomic E-state index is -0.604. The first kappa shape index (κ1) is 15.7. The normalized spacial score (nSPS) is 11.7. The first-order valence-electron chi connectivity index (χ1n) is 7.00. The summed E-state index contributed by atoms with van der Waals surface area (Å²) in [4.78, 5) is 18.9. The third kappa shape index (κ3) is 3.93. The maximum Gasteiger partial charge on any atom is 0.271 e. The van der Waals surface area contributed by atoms with Gasteiger partial charge in [-0.05, 0) is 19.4 Å². The predicted octanol–water partition coefficient (Wildman–Crippen LogP) is 1.33. The zero-order valence-electron chi connectivity index (χ0n) is 12.6. The molecule has 114 valence electrons. The summed E-state index contributed by atoms with van der Waals surface area (Å²) in [6, 6.07) is 9.74. The number of nitrogens with zero attached hydrogens (tertiary/aromatic N) is 2. The van der Waals surface area contributed by atoms with Gasteiger partial charge in [-0.3, -0.25) is 4.79 Å². The smallest absolute Gasteiger partial charge is 0.271 e. The fraction of sp³-hybridized carbons (Fsp3) is 0.312. The van der Waals surface area contributed by atoms with E-state index in [2.05, 4.69) is 15.3 Å². The zero-order valence-corrected chi connectivity index (χ0v) is 12.6. The lowest BCUT2D eigenvalue weighted by atomic mass is 10.1. The van der Waals surface area contributed by atoms with Gasteiger partial charge >= 0.3 is 0 Å². The monoisotopic (exact) mass is 298 g/mol. The standard InChI is InChI=1S/C16H18N4O2/c1-10-4-3-5-12(6-10)7-14-19-15(18-9-11(2)21)13(8-17)16(22)20-14/h3-6,11,21H,7,9H2,1-2H3,(H2,18,19,20,22)/t11-/m1/s1. The van der Waals surface area contributed by atoms with E-state index in [0.29, 0.717) is 12.2 Å². The fourth-order valence-corrected chi connectivity index (χ4v) is 2.10. The highest BCUT2D eigenvalue weighted by atomic mass is 16.3. The van der Waals surface area contributed by atoms with Crippen LogP contribution in [-0.4, -0.2) is 27.7 Å². The highest BCUT2D eigenvalue weighted by Gasteiger charge is 2.12. The number of rotatable bonds is 5. The van der Waals surface area contributed by atoms with Crippen LogP contribution in [-0.2, 0) is 6.42 Å². The van der Waals surface area contributed by atoms with E-state index < -0.39 is 11.7 Å². The molecule has 2 rings (SSSR count). The molecule has 1 aromatic heterocycles. The second kappa shape index (κ2) is 6.87. The zero-order chi connectivity index (χ0) is 16.1. The molecule has 22 heavy (non-hydrogen) atoms. The lowest BCUT2D eigenvalue weighted by molar-refractivity contribution is 0.208. The van der Waals surface area contributed by atoms with Crippen molar-refractivity contribution in [1.82, 2.24) is 9.97 Å². The van der Waals surface area contributed by atoms with Crippen LogP contribution in [0.5, 0.6) is 0 Å². The average molecular weight is 298 g/mol. The number of nitrogens with one attached hydrogen (secondary N) is 2. The van der Waals surface area contributed by atoms with Crippen LogP contribution in [0.4, 0.5) is 5.82 Å². The fourth-order valence-electron chi connectivity index (χ4n) is 2.10. The van der Waals surface area contributed by atoms with Gasteiger partial charge in [0.15, 0.2) is 11.4 Å². The minimum Gasteiger partial charge on any atom is -0.392 e. The topological polar surface area (TPSA) is 102 Å². The summed E-state index contributed by atoms with van der Waals surface area (Å²) in [7, 11) is 0. The third-order valence-electron chi connectivity index (χ3n) is 3.10. The van der Waals surface area contributed by atoms with E-state index in [1.54, 1.807) is 6.92 Å². The van der Waals surface area contributed by atoms with Crippen molar-refractivity contribution in [2.24, 2.45) is 0 Å². The largest absolute Gasteiger partial charge is 0.392 e. The molecule has 3 N–H and O–H groups in total. The van der Waals surface area contributed by atoms with Crippen LogP contribution in [0.25, 0.3) is 0 Å². The van der Waals surface area contributed by atoms with E-state index in [4.69, 9.17) is 5.26 Å². The van der Waals surface area contributed by atoms with Crippen LogP contribution in [0.1, 0.15) is 29.4 Å². The number of aromatic amines is 1. The van der Waals surface area contributed by atoms with E-state index in [9.17, 15) is 9.90 Å². The Kier molecular flexibility index (Phi) is 4.92. The van der Waals surface area contributed by atoms with E-state index in [-0.39, 0.29) is 17.9 Å². The minimum absolute atomic E-state index is 0.0753. The number of aliphatic hydroxyl groups is 1. The van der Waals surface area contributed by atoms with Crippen molar-refractivity contribution < 1.29 is 5.11 Å². The number of hydrogen-bond donors (Lipinski definition) is 3. The van der Waals surface area contributed by atoms with Gasteiger partial charge in [-0.15, -0.1) is 0 Å². The summed E-state index contributed by atoms with van der Waals surface area (Å²) in [5.74, 6) is 0.678. The van der Waals surface area contributed by atoms with Gasteiger partial charge in [0, 0.05) is 13.0 Å². The molecule has 2 aromatic rings. The molecule has 1 aromatic carbocycles. The number of hydrogen-bond acceptors (Lipinski definition) is 5. The van der Waals surface area contributed by atoms with Crippen molar-refractivity contribution in [2.75, 3.05) is 11.9 Å². The van der Waals surface area contributed by atoms with Crippen LogP contribution in [0.3, 0.4) is 0 Å². The van der Waals surface area contributed by atoms with Crippen molar-refractivity contribution in [3.63, 3.8) is 0 Å². The Balaban J connectivity index is 2.33. The van der Waals surface area contributed by atoms with Gasteiger partial charge in [0.05, 0.1) is 6.10 Å². The summed E-state index contributed by atoms with van der Waals surface area (Å²) in [6.45, 7) is 3.82. The van der Waals surface area contributed by atoms with Gasteiger partial charge in [-0.1, -0.05) is 29.8 Å². The lowest BCUT2D eigenvalue weighted by Gasteiger charge is -2.10. The first-order chi connectivity index (χ1) is 10.5. The number of H-pyrrole nitrogens is 1. The first-order valence-corrected chi connectivity index (χ1v) is 7.00. The van der Waals surface area contributed by atoms with E-state index in [0.717, 1.165) is 11.1 Å². The highest BCUT2D eigenvalue weighted by molar-refractivity contribution is 5.50. The molecule has 6 heteroatoms. The van der Waals surface area contributed by atoms with Crippen molar-refractivity contribution in [3.05, 3.63) is 57.1 Å². The molecule has 0 bridgehead atoms. The van der Waals surface area contributed by atoms with Gasteiger partial charge in [0.25, 0.3) is 5.56 Å². The molecule has 0 aliphatic heterocycles. The number of anilines is 1. The Morgan fingerprint density at radius 2 is 2.27 bits per heavy atom. The van der Waals surface area contributed by atoms with Gasteiger partial charge in [-0.2, -0.15) is 5.26 Å². The summed E-state index contributed by atoms with van der Waals surface area (Å²) >= 11 is 0. The molecule has 0 fully saturated rings. The molecule has 6 nitrogen and oxygen atoms in total. The van der Waals surface area contributed by atoms with Gasteiger partial charge in [0.2, 0.25) is 0 Å². The number of aromatic nitrogens is 2. The molecule has 0 saturated carbocycles. The van der Waals surface area contributed by atoms with Gasteiger partial charge in [0.1, 0.15) is 11.9 Å². The Bertz CT molecular complexity index is 759. The quantitative estimate of drug-likeness (QED) is 0.773. The Labute approximate surface area is 128 Å². The van der Waals surface area contributed by atoms with Crippen LogP contribution < -0.4 is 10.9 Å². The van der Waals surface area contributed by atoms with Crippen LogP contribution in [0, 0.1) is 18.3 Å². The van der Waals surface area contributed by atoms with Crippen molar-refractivity contribution >= 4 is 5.82 Å². The summed E-state index contributed by atoms with van der Waals surface area (Å²) in [6.07, 6.45) is -0.140. The average Bonchev–Trinajstić information content (AvgIpc) is 2.44. The molecule has 0 aliphatic carbocycles. The molecular formula is C16H18N4O2. The highest BCUT2D eigenvalue weighted by Crippen LogP contribution is 2.11. The Hall–Kier alpha value is -2.65. The van der Waals surface area contributed by atoms with E-state index in [1.165, 1.54) is 0 Å². The van der Waals surface area contributed by atoms with Crippen LogP contribution >= 0.6 is 0 Å². The molecule has 1 heterocycles. The van der Waals surface area contributed by atoms with E-state index in [1.807, 2.05) is 37.3 Å². The number of benzene rings is 1. The van der Waals surface area contributed by atoms with Gasteiger partial charge in [-0.25, -0.2) is 4.98 Å². The molecule has 0 saturated heterocycles. The molecule has 0 spiro atoms. The number of nitriles is 1. The third-order valence-corrected chi connectivity index (χ3v) is 3.10. The van der Waals surface area contributed by atoms with Crippen LogP contribution in [0.2, 0.25) is 0 Å². The molecular weight excluding hydrogens is 280 g/mol. The molecule has 0 amide bonds. The second-order valence-corrected chi connectivity index (χ2v) is 5.24. The summed E-state index contributed by atoms with van der Waals surface area (Å²) in [5.41, 5.74) is 1.59. The maximum atomic E-state index is 12.0. The summed E-state index contributed by atoms with van der Waals surface area (Å²) < 4.78 is 0. The SMILES string of the molecule is Cc1cccc(Cc2nc(NC[C@@H](C)O)c(C#N)c(=O)[nH]2)c1. The van der Waals surface area contributed by atoms with Crippen molar-refractivity contribution in [2.45, 2.75) is 26.4 Å².